The van der Waals surface area contributed by atoms with Crippen molar-refractivity contribution in [2.45, 2.75) is 51.1 Å². The number of alkyl halides is 1. The number of likely N-dealkylation sites (tertiary alicyclic amines) is 1. The van der Waals surface area contributed by atoms with E-state index in [9.17, 15) is 0 Å². The van der Waals surface area contributed by atoms with Crippen molar-refractivity contribution >= 4 is 11.6 Å². The van der Waals surface area contributed by atoms with Crippen LogP contribution in [0.4, 0.5) is 0 Å². The summed E-state index contributed by atoms with van der Waals surface area (Å²) in [5, 5.41) is 0.365. The molecule has 1 saturated heterocycles. The third-order valence-electron chi connectivity index (χ3n) is 2.39. The number of rotatable bonds is 0. The van der Waals surface area contributed by atoms with Gasteiger partial charge in [0.25, 0.3) is 0 Å². The SMILES string of the molecule is C[C@@H]1CC(Cl)CN1C(C)(C)C. The zero-order chi connectivity index (χ0) is 8.65. The quantitative estimate of drug-likeness (QED) is 0.512. The smallest absolute Gasteiger partial charge is 0.0478 e. The van der Waals surface area contributed by atoms with Crippen LogP contribution in [0.15, 0.2) is 0 Å². The molecule has 0 aromatic heterocycles. The Morgan fingerprint density at radius 3 is 2.09 bits per heavy atom. The molecule has 0 amide bonds. The largest absolute Gasteiger partial charge is 0.294 e. The molecule has 1 nitrogen and oxygen atoms in total. The zero-order valence-corrected chi connectivity index (χ0v) is 8.65. The van der Waals surface area contributed by atoms with E-state index in [1.165, 1.54) is 0 Å². The van der Waals surface area contributed by atoms with E-state index in [-0.39, 0.29) is 5.54 Å². The molecule has 1 aliphatic rings. The molecule has 2 heteroatoms. The van der Waals surface area contributed by atoms with Crippen molar-refractivity contribution < 1.29 is 0 Å². The van der Waals surface area contributed by atoms with Gasteiger partial charge in [-0.1, -0.05) is 0 Å². The highest BCUT2D eigenvalue weighted by molar-refractivity contribution is 6.21. The molecule has 0 bridgehead atoms. The van der Waals surface area contributed by atoms with E-state index >= 15 is 0 Å². The minimum atomic E-state index is 0.281. The maximum Gasteiger partial charge on any atom is 0.0478 e. The minimum absolute atomic E-state index is 0.281. The van der Waals surface area contributed by atoms with Crippen molar-refractivity contribution in [3.8, 4) is 0 Å². The fourth-order valence-electron chi connectivity index (χ4n) is 1.90. The zero-order valence-electron chi connectivity index (χ0n) is 7.89. The third-order valence-corrected chi connectivity index (χ3v) is 2.70. The molecular weight excluding hydrogens is 158 g/mol. The van der Waals surface area contributed by atoms with Crippen LogP contribution >= 0.6 is 11.6 Å². The van der Waals surface area contributed by atoms with Gasteiger partial charge in [-0.2, -0.15) is 0 Å². The molecule has 11 heavy (non-hydrogen) atoms. The second-order valence-corrected chi connectivity index (χ2v) is 5.12. The maximum atomic E-state index is 6.07. The lowest BCUT2D eigenvalue weighted by Gasteiger charge is -2.35. The molecule has 1 unspecified atom stereocenters. The summed E-state index contributed by atoms with van der Waals surface area (Å²) in [7, 11) is 0. The molecule has 0 aliphatic carbocycles. The maximum absolute atomic E-state index is 6.07. The average Bonchev–Trinajstić information content (AvgIpc) is 2.08. The molecule has 66 valence electrons. The first kappa shape index (κ1) is 9.34. The van der Waals surface area contributed by atoms with E-state index in [2.05, 4.69) is 32.6 Å². The Hall–Kier alpha value is 0.250. The Morgan fingerprint density at radius 2 is 1.91 bits per heavy atom. The summed E-state index contributed by atoms with van der Waals surface area (Å²) in [5.74, 6) is 0. The third kappa shape index (κ3) is 2.09. The van der Waals surface area contributed by atoms with Gasteiger partial charge >= 0.3 is 0 Å². The standard InChI is InChI=1S/C9H18ClN/c1-7-5-8(10)6-11(7)9(2,3)4/h7-8H,5-6H2,1-4H3/t7-,8?/m1/s1. The average molecular weight is 176 g/mol. The van der Waals surface area contributed by atoms with E-state index in [0.29, 0.717) is 11.4 Å². The van der Waals surface area contributed by atoms with E-state index in [1.54, 1.807) is 0 Å². The van der Waals surface area contributed by atoms with Crippen molar-refractivity contribution in [1.29, 1.82) is 0 Å². The predicted octanol–water partition coefficient (Wildman–Crippen LogP) is 2.49. The molecule has 0 aromatic carbocycles. The number of hydrogen-bond acceptors (Lipinski definition) is 1. The molecule has 0 saturated carbocycles. The Balaban J connectivity index is 2.60. The molecule has 0 N–H and O–H groups in total. The Kier molecular flexibility index (Phi) is 2.50. The van der Waals surface area contributed by atoms with Crippen LogP contribution in [0.5, 0.6) is 0 Å². The first-order valence-corrected chi connectivity index (χ1v) is 4.75. The van der Waals surface area contributed by atoms with Crippen molar-refractivity contribution in [3.63, 3.8) is 0 Å². The molecule has 0 radical (unpaired) electrons. The van der Waals surface area contributed by atoms with Crippen molar-refractivity contribution in [2.75, 3.05) is 6.54 Å². The summed E-state index contributed by atoms with van der Waals surface area (Å²) in [6.45, 7) is 10.1. The van der Waals surface area contributed by atoms with Gasteiger partial charge in [0.15, 0.2) is 0 Å². The Bertz CT molecular complexity index is 139. The molecular formula is C9H18ClN. The second-order valence-electron chi connectivity index (χ2n) is 4.51. The van der Waals surface area contributed by atoms with E-state index in [4.69, 9.17) is 11.6 Å². The van der Waals surface area contributed by atoms with E-state index < -0.39 is 0 Å². The molecule has 1 rings (SSSR count). The lowest BCUT2D eigenvalue weighted by Crippen LogP contribution is -2.43. The van der Waals surface area contributed by atoms with Crippen molar-refractivity contribution in [1.82, 2.24) is 4.90 Å². The normalized spacial score (nSPS) is 34.6. The highest BCUT2D eigenvalue weighted by Gasteiger charge is 2.34. The van der Waals surface area contributed by atoms with Gasteiger partial charge in [-0.05, 0) is 34.1 Å². The predicted molar refractivity (Wildman–Crippen MR) is 50.2 cm³/mol. The van der Waals surface area contributed by atoms with Crippen LogP contribution in [0.2, 0.25) is 0 Å². The molecule has 1 fully saturated rings. The van der Waals surface area contributed by atoms with Gasteiger partial charge in [0.1, 0.15) is 0 Å². The second kappa shape index (κ2) is 2.95. The van der Waals surface area contributed by atoms with Gasteiger partial charge in [0.05, 0.1) is 0 Å². The van der Waals surface area contributed by atoms with Crippen molar-refractivity contribution in [3.05, 3.63) is 0 Å². The Morgan fingerprint density at radius 1 is 1.36 bits per heavy atom. The van der Waals surface area contributed by atoms with Crippen LogP contribution in [0.1, 0.15) is 34.1 Å². The summed E-state index contributed by atoms with van der Waals surface area (Å²) in [5.41, 5.74) is 0.281. The summed E-state index contributed by atoms with van der Waals surface area (Å²) < 4.78 is 0. The van der Waals surface area contributed by atoms with E-state index in [0.717, 1.165) is 13.0 Å². The van der Waals surface area contributed by atoms with Gasteiger partial charge < -0.3 is 0 Å². The fourth-order valence-corrected chi connectivity index (χ4v) is 2.31. The van der Waals surface area contributed by atoms with Gasteiger partial charge in [-0.15, -0.1) is 11.6 Å². The molecule has 2 atom stereocenters. The molecule has 0 spiro atoms. The first-order valence-electron chi connectivity index (χ1n) is 4.32. The van der Waals surface area contributed by atoms with Gasteiger partial charge in [-0.3, -0.25) is 4.90 Å². The van der Waals surface area contributed by atoms with E-state index in [1.807, 2.05) is 0 Å². The topological polar surface area (TPSA) is 3.24 Å². The summed E-state index contributed by atoms with van der Waals surface area (Å²) in [6, 6.07) is 0.650. The van der Waals surface area contributed by atoms with Crippen LogP contribution in [-0.4, -0.2) is 28.4 Å². The van der Waals surface area contributed by atoms with Crippen LogP contribution in [-0.2, 0) is 0 Å². The monoisotopic (exact) mass is 175 g/mol. The first-order chi connectivity index (χ1) is 4.91. The number of halogens is 1. The Labute approximate surface area is 74.7 Å². The highest BCUT2D eigenvalue weighted by Crippen LogP contribution is 2.28. The fraction of sp³-hybridized carbons (Fsp3) is 1.00. The lowest BCUT2D eigenvalue weighted by atomic mass is 10.1. The van der Waals surface area contributed by atoms with Crippen LogP contribution in [0.3, 0.4) is 0 Å². The molecule has 1 heterocycles. The van der Waals surface area contributed by atoms with Gasteiger partial charge in [-0.25, -0.2) is 0 Å². The highest BCUT2D eigenvalue weighted by atomic mass is 35.5. The van der Waals surface area contributed by atoms with Crippen LogP contribution < -0.4 is 0 Å². The number of hydrogen-bond donors (Lipinski definition) is 0. The summed E-state index contributed by atoms with van der Waals surface area (Å²) in [4.78, 5) is 2.48. The lowest BCUT2D eigenvalue weighted by molar-refractivity contribution is 0.130. The minimum Gasteiger partial charge on any atom is -0.294 e. The summed E-state index contributed by atoms with van der Waals surface area (Å²) >= 11 is 6.07. The van der Waals surface area contributed by atoms with Crippen molar-refractivity contribution in [2.24, 2.45) is 0 Å². The van der Waals surface area contributed by atoms with Crippen LogP contribution in [0.25, 0.3) is 0 Å². The summed E-state index contributed by atoms with van der Waals surface area (Å²) in [6.07, 6.45) is 1.14. The number of nitrogens with zero attached hydrogens (tertiary/aromatic N) is 1. The molecule has 0 aromatic rings. The van der Waals surface area contributed by atoms with Crippen LogP contribution in [0, 0.1) is 0 Å². The van der Waals surface area contributed by atoms with Gasteiger partial charge in [0, 0.05) is 23.5 Å². The molecule has 1 aliphatic heterocycles. The van der Waals surface area contributed by atoms with Gasteiger partial charge in [0.2, 0.25) is 0 Å².